The summed E-state index contributed by atoms with van der Waals surface area (Å²) in [4.78, 5) is 4.43. The molecule has 1 saturated carbocycles. The number of nitrogens with zero attached hydrogens (tertiary/aromatic N) is 4. The summed E-state index contributed by atoms with van der Waals surface area (Å²) in [6.45, 7) is 0.721. The Morgan fingerprint density at radius 1 is 1.24 bits per heavy atom. The zero-order valence-corrected chi connectivity index (χ0v) is 14.4. The predicted octanol–water partition coefficient (Wildman–Crippen LogP) is 3.38. The van der Waals surface area contributed by atoms with Crippen molar-refractivity contribution in [3.05, 3.63) is 54.0 Å². The molecule has 1 aromatic carbocycles. The fraction of sp³-hybridized carbons (Fsp3) is 0.316. The molecule has 2 heterocycles. The molecule has 6 heteroatoms. The van der Waals surface area contributed by atoms with E-state index in [-0.39, 0.29) is 0 Å². The highest BCUT2D eigenvalue weighted by Crippen LogP contribution is 2.42. The van der Waals surface area contributed by atoms with E-state index in [1.54, 1.807) is 19.6 Å². The summed E-state index contributed by atoms with van der Waals surface area (Å²) in [7, 11) is 3.64. The van der Waals surface area contributed by atoms with Crippen molar-refractivity contribution < 1.29 is 4.74 Å². The summed E-state index contributed by atoms with van der Waals surface area (Å²) < 4.78 is 7.28. The first-order valence-electron chi connectivity index (χ1n) is 8.45. The van der Waals surface area contributed by atoms with E-state index in [2.05, 4.69) is 32.6 Å². The van der Waals surface area contributed by atoms with Crippen LogP contribution in [0.2, 0.25) is 0 Å². The second-order valence-electron chi connectivity index (χ2n) is 6.39. The van der Waals surface area contributed by atoms with Crippen LogP contribution in [0.4, 0.5) is 5.82 Å². The Morgan fingerprint density at radius 3 is 2.84 bits per heavy atom. The number of benzene rings is 1. The number of pyridine rings is 1. The van der Waals surface area contributed by atoms with Crippen LogP contribution >= 0.6 is 0 Å². The summed E-state index contributed by atoms with van der Waals surface area (Å²) in [5.74, 6) is 3.23. The van der Waals surface area contributed by atoms with Crippen LogP contribution in [0.5, 0.6) is 5.75 Å². The van der Waals surface area contributed by atoms with E-state index in [1.807, 2.05) is 29.8 Å². The molecule has 6 nitrogen and oxygen atoms in total. The van der Waals surface area contributed by atoms with Crippen LogP contribution in [0.3, 0.4) is 0 Å². The number of anilines is 1. The highest BCUT2D eigenvalue weighted by Gasteiger charge is 2.26. The van der Waals surface area contributed by atoms with E-state index in [1.165, 1.54) is 24.0 Å². The van der Waals surface area contributed by atoms with Gasteiger partial charge in [0.25, 0.3) is 0 Å². The molecular weight excluding hydrogens is 314 g/mol. The zero-order valence-electron chi connectivity index (χ0n) is 14.4. The molecule has 4 rings (SSSR count). The van der Waals surface area contributed by atoms with Gasteiger partial charge in [-0.25, -0.2) is 4.98 Å². The van der Waals surface area contributed by atoms with Gasteiger partial charge < -0.3 is 14.6 Å². The zero-order chi connectivity index (χ0) is 17.2. The smallest absolute Gasteiger partial charge is 0.163 e. The Balaban J connectivity index is 1.55. The molecule has 0 atom stereocenters. The van der Waals surface area contributed by atoms with Crippen LogP contribution < -0.4 is 10.1 Å². The molecule has 2 aromatic heterocycles. The van der Waals surface area contributed by atoms with E-state index in [9.17, 15) is 0 Å². The Bertz CT molecular complexity index is 885. The number of hydrogen-bond donors (Lipinski definition) is 1. The molecule has 128 valence electrons. The lowest BCUT2D eigenvalue weighted by Gasteiger charge is -2.13. The maximum atomic E-state index is 5.38. The molecule has 1 fully saturated rings. The van der Waals surface area contributed by atoms with Gasteiger partial charge in [-0.1, -0.05) is 6.07 Å². The molecule has 1 aliphatic carbocycles. The Morgan fingerprint density at radius 2 is 2.12 bits per heavy atom. The molecule has 25 heavy (non-hydrogen) atoms. The fourth-order valence-electron chi connectivity index (χ4n) is 3.05. The minimum atomic E-state index is 0.695. The van der Waals surface area contributed by atoms with E-state index in [4.69, 9.17) is 4.74 Å². The lowest BCUT2D eigenvalue weighted by atomic mass is 10.0. The van der Waals surface area contributed by atoms with Crippen LogP contribution in [-0.4, -0.2) is 26.9 Å². The average molecular weight is 335 g/mol. The summed E-state index contributed by atoms with van der Waals surface area (Å²) in [5, 5.41) is 11.5. The summed E-state index contributed by atoms with van der Waals surface area (Å²) >= 11 is 0. The first-order chi connectivity index (χ1) is 12.2. The van der Waals surface area contributed by atoms with Crippen molar-refractivity contribution in [2.75, 3.05) is 12.4 Å². The SMILES string of the molecule is COc1ccc(C2CC2)c(CNc2cc(-c3nncn3C)ccn2)c1. The van der Waals surface area contributed by atoms with Gasteiger partial charge in [0.2, 0.25) is 0 Å². The maximum Gasteiger partial charge on any atom is 0.163 e. The van der Waals surface area contributed by atoms with Gasteiger partial charge in [-0.3, -0.25) is 0 Å². The molecule has 0 saturated heterocycles. The number of ether oxygens (including phenoxy) is 1. The third-order valence-electron chi connectivity index (χ3n) is 4.56. The highest BCUT2D eigenvalue weighted by atomic mass is 16.5. The normalized spacial score (nSPS) is 13.7. The predicted molar refractivity (Wildman–Crippen MR) is 96.5 cm³/mol. The van der Waals surface area contributed by atoms with Gasteiger partial charge in [-0.05, 0) is 54.2 Å². The lowest BCUT2D eigenvalue weighted by Crippen LogP contribution is -2.05. The van der Waals surface area contributed by atoms with Crippen LogP contribution in [-0.2, 0) is 13.6 Å². The van der Waals surface area contributed by atoms with Crippen molar-refractivity contribution in [3.63, 3.8) is 0 Å². The molecule has 1 aliphatic rings. The van der Waals surface area contributed by atoms with E-state index >= 15 is 0 Å². The summed E-state index contributed by atoms with van der Waals surface area (Å²) in [6, 6.07) is 10.3. The average Bonchev–Trinajstić information content (AvgIpc) is 3.40. The van der Waals surface area contributed by atoms with Crippen molar-refractivity contribution in [1.29, 1.82) is 0 Å². The largest absolute Gasteiger partial charge is 0.497 e. The molecule has 0 amide bonds. The monoisotopic (exact) mass is 335 g/mol. The minimum Gasteiger partial charge on any atom is -0.497 e. The standard InChI is InChI=1S/C19H21N5O/c1-24-12-22-23-19(24)14-7-8-20-18(10-14)21-11-15-9-16(25-2)5-6-17(15)13-3-4-13/h5-10,12-13H,3-4,11H2,1-2H3,(H,20,21). The van der Waals surface area contributed by atoms with Gasteiger partial charge >= 0.3 is 0 Å². The number of rotatable bonds is 6. The van der Waals surface area contributed by atoms with Gasteiger partial charge in [0.1, 0.15) is 17.9 Å². The molecule has 3 aromatic rings. The quantitative estimate of drug-likeness (QED) is 0.748. The highest BCUT2D eigenvalue weighted by molar-refractivity contribution is 5.59. The van der Waals surface area contributed by atoms with Gasteiger partial charge in [0, 0.05) is 25.4 Å². The van der Waals surface area contributed by atoms with Gasteiger partial charge in [-0.15, -0.1) is 10.2 Å². The van der Waals surface area contributed by atoms with E-state index in [0.29, 0.717) is 5.92 Å². The molecule has 0 radical (unpaired) electrons. The number of aromatic nitrogens is 4. The van der Waals surface area contributed by atoms with Gasteiger partial charge in [0.15, 0.2) is 5.82 Å². The Kier molecular flexibility index (Phi) is 4.09. The number of hydrogen-bond acceptors (Lipinski definition) is 5. The summed E-state index contributed by atoms with van der Waals surface area (Å²) in [5.41, 5.74) is 3.68. The lowest BCUT2D eigenvalue weighted by molar-refractivity contribution is 0.414. The van der Waals surface area contributed by atoms with Crippen LogP contribution in [0.1, 0.15) is 29.9 Å². The number of methoxy groups -OCH3 is 1. The third kappa shape index (κ3) is 3.33. The number of nitrogens with one attached hydrogen (secondary N) is 1. The van der Waals surface area contributed by atoms with E-state index in [0.717, 1.165) is 29.5 Å². The maximum absolute atomic E-state index is 5.38. The Labute approximate surface area is 146 Å². The van der Waals surface area contributed by atoms with Crippen LogP contribution in [0.15, 0.2) is 42.9 Å². The van der Waals surface area contributed by atoms with Crippen molar-refractivity contribution in [2.24, 2.45) is 7.05 Å². The second kappa shape index (κ2) is 6.55. The molecule has 0 spiro atoms. The van der Waals surface area contributed by atoms with Crippen LogP contribution in [0.25, 0.3) is 11.4 Å². The van der Waals surface area contributed by atoms with Crippen LogP contribution in [0, 0.1) is 0 Å². The topological polar surface area (TPSA) is 64.9 Å². The van der Waals surface area contributed by atoms with Gasteiger partial charge in [-0.2, -0.15) is 0 Å². The number of aryl methyl sites for hydroxylation is 1. The molecule has 0 aliphatic heterocycles. The van der Waals surface area contributed by atoms with Crippen molar-refractivity contribution in [3.8, 4) is 17.1 Å². The first kappa shape index (κ1) is 15.6. The fourth-order valence-corrected chi connectivity index (χ4v) is 3.05. The van der Waals surface area contributed by atoms with Crippen molar-refractivity contribution >= 4 is 5.82 Å². The first-order valence-corrected chi connectivity index (χ1v) is 8.45. The third-order valence-corrected chi connectivity index (χ3v) is 4.56. The molecule has 0 unspecified atom stereocenters. The summed E-state index contributed by atoms with van der Waals surface area (Å²) in [6.07, 6.45) is 6.04. The van der Waals surface area contributed by atoms with Gasteiger partial charge in [0.05, 0.1) is 7.11 Å². The molecule has 1 N–H and O–H groups in total. The van der Waals surface area contributed by atoms with Crippen molar-refractivity contribution in [1.82, 2.24) is 19.7 Å². The van der Waals surface area contributed by atoms with E-state index < -0.39 is 0 Å². The van der Waals surface area contributed by atoms with Crippen molar-refractivity contribution in [2.45, 2.75) is 25.3 Å². The molecular formula is C19H21N5O. The minimum absolute atomic E-state index is 0.695. The second-order valence-corrected chi connectivity index (χ2v) is 6.39. The molecule has 0 bridgehead atoms. The Hall–Kier alpha value is -2.89.